The minimum Gasteiger partial charge on any atom is -0.349 e. The molecule has 9 heteroatoms. The topological polar surface area (TPSA) is 56.0 Å². The number of nitrogens with zero attached hydrogens (tertiary/aromatic N) is 5. The van der Waals surface area contributed by atoms with Crippen LogP contribution < -0.4 is 0 Å². The van der Waals surface area contributed by atoms with Crippen molar-refractivity contribution in [3.05, 3.63) is 83.4 Å². The number of rotatable bonds is 4. The summed E-state index contributed by atoms with van der Waals surface area (Å²) >= 11 is 6.18. The van der Waals surface area contributed by atoms with Crippen LogP contribution >= 0.6 is 11.6 Å². The van der Waals surface area contributed by atoms with Crippen LogP contribution in [0.4, 0.5) is 8.78 Å². The van der Waals surface area contributed by atoms with Gasteiger partial charge in [-0.1, -0.05) is 35.9 Å². The predicted molar refractivity (Wildman–Crippen MR) is 140 cm³/mol. The van der Waals surface area contributed by atoms with Crippen LogP contribution in [0.15, 0.2) is 67.0 Å². The number of carbonyl (C=O) groups excluding carboxylic acids is 1. The first-order chi connectivity index (χ1) is 17.9. The number of amides is 1. The molecule has 0 saturated carbocycles. The summed E-state index contributed by atoms with van der Waals surface area (Å²) < 4.78 is 30.8. The Hall–Kier alpha value is -3.78. The van der Waals surface area contributed by atoms with E-state index >= 15 is 0 Å². The highest BCUT2D eigenvalue weighted by molar-refractivity contribution is 6.30. The maximum Gasteiger partial charge on any atom is 0.320 e. The Morgan fingerprint density at radius 1 is 1.05 bits per heavy atom. The standard InChI is InChI=1S/C28H24ClF2N5O/c1-34-16-21(18-5-4-6-20(29)13-18)25-24(34)14-19(15-32-25)27(37)35-11-9-17(10-12-35)26-33-22-7-2-3-8-23(22)36(26)28(30)31/h2-8,13-17,28H,9-12H2,1H3. The Bertz CT molecular complexity index is 1630. The number of hydrogen-bond donors (Lipinski definition) is 0. The zero-order chi connectivity index (χ0) is 25.7. The molecule has 0 bridgehead atoms. The van der Waals surface area contributed by atoms with E-state index in [4.69, 9.17) is 11.6 Å². The van der Waals surface area contributed by atoms with E-state index in [0.717, 1.165) is 26.7 Å². The number of hydrogen-bond acceptors (Lipinski definition) is 3. The first-order valence-corrected chi connectivity index (χ1v) is 12.5. The van der Waals surface area contributed by atoms with Crippen LogP contribution in [0.1, 0.15) is 41.5 Å². The Morgan fingerprint density at radius 2 is 1.84 bits per heavy atom. The van der Waals surface area contributed by atoms with Gasteiger partial charge in [-0.15, -0.1) is 0 Å². The van der Waals surface area contributed by atoms with Crippen molar-refractivity contribution in [2.45, 2.75) is 25.3 Å². The number of aryl methyl sites for hydroxylation is 1. The molecular formula is C28H24ClF2N5O. The molecule has 1 saturated heterocycles. The number of pyridine rings is 1. The lowest BCUT2D eigenvalue weighted by Gasteiger charge is -2.32. The summed E-state index contributed by atoms with van der Waals surface area (Å²) in [5.74, 6) is 0.142. The van der Waals surface area contributed by atoms with Gasteiger partial charge in [0.25, 0.3) is 5.91 Å². The molecule has 6 nitrogen and oxygen atoms in total. The molecule has 37 heavy (non-hydrogen) atoms. The van der Waals surface area contributed by atoms with Crippen molar-refractivity contribution in [2.75, 3.05) is 13.1 Å². The minimum absolute atomic E-state index is 0.110. The SMILES string of the molecule is Cn1cc(-c2cccc(Cl)c2)c2ncc(C(=O)N3CCC(c4nc5ccccc5n4C(F)F)CC3)cc21. The maximum atomic E-state index is 13.9. The minimum atomic E-state index is -2.66. The molecule has 3 aromatic heterocycles. The third-order valence-electron chi connectivity index (χ3n) is 7.17. The van der Waals surface area contributed by atoms with Crippen molar-refractivity contribution in [1.29, 1.82) is 0 Å². The molecule has 0 radical (unpaired) electrons. The second-order valence-corrected chi connectivity index (χ2v) is 9.87. The van der Waals surface area contributed by atoms with Gasteiger partial charge in [-0.3, -0.25) is 14.3 Å². The van der Waals surface area contributed by atoms with Crippen molar-refractivity contribution in [3.8, 4) is 11.1 Å². The molecule has 0 atom stereocenters. The van der Waals surface area contributed by atoms with Gasteiger partial charge in [0.2, 0.25) is 0 Å². The molecule has 1 amide bonds. The zero-order valence-electron chi connectivity index (χ0n) is 20.1. The number of alkyl halides is 2. The van der Waals surface area contributed by atoms with Crippen molar-refractivity contribution >= 4 is 39.6 Å². The number of aromatic nitrogens is 4. The summed E-state index contributed by atoms with van der Waals surface area (Å²) in [4.78, 5) is 24.3. The van der Waals surface area contributed by atoms with Crippen LogP contribution in [-0.2, 0) is 7.05 Å². The largest absolute Gasteiger partial charge is 0.349 e. The predicted octanol–water partition coefficient (Wildman–Crippen LogP) is 6.66. The fourth-order valence-corrected chi connectivity index (χ4v) is 5.51. The highest BCUT2D eigenvalue weighted by atomic mass is 35.5. The van der Waals surface area contributed by atoms with Crippen molar-refractivity contribution < 1.29 is 13.6 Å². The summed E-state index contributed by atoms with van der Waals surface area (Å²) in [5, 5.41) is 0.647. The van der Waals surface area contributed by atoms with Gasteiger partial charge >= 0.3 is 6.55 Å². The number of carbonyl (C=O) groups is 1. The summed E-state index contributed by atoms with van der Waals surface area (Å²) in [6, 6.07) is 16.4. The first-order valence-electron chi connectivity index (χ1n) is 12.2. The van der Waals surface area contributed by atoms with Crippen LogP contribution in [0.25, 0.3) is 33.2 Å². The van der Waals surface area contributed by atoms with Gasteiger partial charge < -0.3 is 9.47 Å². The van der Waals surface area contributed by atoms with Crippen molar-refractivity contribution in [3.63, 3.8) is 0 Å². The molecule has 1 aliphatic heterocycles. The summed E-state index contributed by atoms with van der Waals surface area (Å²) in [6.45, 7) is -1.73. The quantitative estimate of drug-likeness (QED) is 0.267. The second-order valence-electron chi connectivity index (χ2n) is 9.43. The lowest BCUT2D eigenvalue weighted by Crippen LogP contribution is -2.38. The maximum absolute atomic E-state index is 13.9. The Labute approximate surface area is 217 Å². The van der Waals surface area contributed by atoms with Crippen molar-refractivity contribution in [1.82, 2.24) is 24.0 Å². The Morgan fingerprint density at radius 3 is 2.59 bits per heavy atom. The summed E-state index contributed by atoms with van der Waals surface area (Å²) in [6.07, 6.45) is 4.74. The normalized spacial score (nSPS) is 14.8. The number of fused-ring (bicyclic) bond motifs is 2. The van der Waals surface area contributed by atoms with Crippen LogP contribution in [0.3, 0.4) is 0 Å². The van der Waals surface area contributed by atoms with Gasteiger partial charge in [0, 0.05) is 49.0 Å². The van der Waals surface area contributed by atoms with Crippen molar-refractivity contribution in [2.24, 2.45) is 7.05 Å². The van der Waals surface area contributed by atoms with Gasteiger partial charge in [-0.2, -0.15) is 8.78 Å². The van der Waals surface area contributed by atoms with E-state index < -0.39 is 6.55 Å². The van der Waals surface area contributed by atoms with E-state index in [1.807, 2.05) is 48.1 Å². The Kier molecular flexibility index (Phi) is 5.91. The monoisotopic (exact) mass is 519 g/mol. The molecule has 0 N–H and O–H groups in total. The van der Waals surface area contributed by atoms with Gasteiger partial charge in [0.05, 0.1) is 27.6 Å². The third kappa shape index (κ3) is 4.15. The smallest absolute Gasteiger partial charge is 0.320 e. The molecule has 2 aromatic carbocycles. The second kappa shape index (κ2) is 9.27. The number of likely N-dealkylation sites (tertiary alicyclic amines) is 1. The van der Waals surface area contributed by atoms with Gasteiger partial charge in [0.15, 0.2) is 0 Å². The van der Waals surface area contributed by atoms with E-state index in [2.05, 4.69) is 9.97 Å². The van der Waals surface area contributed by atoms with E-state index in [1.54, 1.807) is 35.4 Å². The number of para-hydroxylation sites is 2. The number of benzene rings is 2. The number of imidazole rings is 1. The third-order valence-corrected chi connectivity index (χ3v) is 7.41. The van der Waals surface area contributed by atoms with E-state index in [-0.39, 0.29) is 11.8 Å². The highest BCUT2D eigenvalue weighted by Gasteiger charge is 2.30. The van der Waals surface area contributed by atoms with E-state index in [9.17, 15) is 13.6 Å². The number of piperidine rings is 1. The van der Waals surface area contributed by atoms with Crippen LogP contribution in [0, 0.1) is 0 Å². The molecule has 4 heterocycles. The molecular weight excluding hydrogens is 496 g/mol. The van der Waals surface area contributed by atoms with E-state index in [0.29, 0.717) is 53.4 Å². The summed E-state index contributed by atoms with van der Waals surface area (Å²) in [7, 11) is 1.92. The molecule has 0 aliphatic carbocycles. The number of halogens is 3. The average molecular weight is 520 g/mol. The first kappa shape index (κ1) is 23.6. The van der Waals surface area contributed by atoms with Gasteiger partial charge in [-0.05, 0) is 48.7 Å². The summed E-state index contributed by atoms with van der Waals surface area (Å²) in [5.41, 5.74) is 5.06. The van der Waals surface area contributed by atoms with Gasteiger partial charge in [0.1, 0.15) is 5.82 Å². The fraction of sp³-hybridized carbons (Fsp3) is 0.250. The van der Waals surface area contributed by atoms with E-state index in [1.165, 1.54) is 0 Å². The van der Waals surface area contributed by atoms with Gasteiger partial charge in [-0.25, -0.2) is 4.98 Å². The average Bonchev–Trinajstić information content (AvgIpc) is 3.46. The lowest BCUT2D eigenvalue weighted by atomic mass is 9.95. The van der Waals surface area contributed by atoms with Crippen LogP contribution in [-0.4, -0.2) is 43.0 Å². The van der Waals surface area contributed by atoms with Crippen LogP contribution in [0.2, 0.25) is 5.02 Å². The zero-order valence-corrected chi connectivity index (χ0v) is 20.9. The molecule has 0 spiro atoms. The molecule has 0 unspecified atom stereocenters. The molecule has 6 rings (SSSR count). The molecule has 5 aromatic rings. The Balaban J connectivity index is 1.23. The molecule has 1 aliphatic rings. The molecule has 1 fully saturated rings. The lowest BCUT2D eigenvalue weighted by molar-refractivity contribution is 0.0634. The van der Waals surface area contributed by atoms with Crippen LogP contribution in [0.5, 0.6) is 0 Å². The highest BCUT2D eigenvalue weighted by Crippen LogP contribution is 2.34. The fourth-order valence-electron chi connectivity index (χ4n) is 5.32. The molecule has 188 valence electrons.